The molecular formula is C34H27P. The van der Waals surface area contributed by atoms with Gasteiger partial charge in [-0.25, -0.2) is 0 Å². The summed E-state index contributed by atoms with van der Waals surface area (Å²) in [6.07, 6.45) is 1.01. The van der Waals surface area contributed by atoms with Crippen LogP contribution in [0.3, 0.4) is 0 Å². The Morgan fingerprint density at radius 2 is 0.943 bits per heavy atom. The fraction of sp³-hybridized carbons (Fsp3) is 0.0588. The van der Waals surface area contributed by atoms with E-state index in [4.69, 9.17) is 0 Å². The third-order valence-electron chi connectivity index (χ3n) is 6.87. The minimum absolute atomic E-state index is 0.542. The molecule has 0 aliphatic heterocycles. The maximum Gasteiger partial charge on any atom is 0.00138 e. The highest BCUT2D eigenvalue weighted by Gasteiger charge is 2.20. The Morgan fingerprint density at radius 1 is 0.457 bits per heavy atom. The SMILES string of the molecule is Cc1ccc2ccccc2c1-c1c(CP(c2ccccc2)c2ccccc2)ccc2ccccc12. The lowest BCUT2D eigenvalue weighted by Gasteiger charge is -2.23. The van der Waals surface area contributed by atoms with Crippen LogP contribution in [0, 0.1) is 6.92 Å². The molecule has 6 aromatic rings. The van der Waals surface area contributed by atoms with Crippen molar-refractivity contribution in [2.24, 2.45) is 0 Å². The summed E-state index contributed by atoms with van der Waals surface area (Å²) >= 11 is 0. The molecule has 0 heterocycles. The third kappa shape index (κ3) is 4.16. The van der Waals surface area contributed by atoms with Crippen molar-refractivity contribution in [1.82, 2.24) is 0 Å². The second-order valence-electron chi connectivity index (χ2n) is 9.06. The van der Waals surface area contributed by atoms with E-state index in [0.29, 0.717) is 0 Å². The number of hydrogen-bond acceptors (Lipinski definition) is 0. The summed E-state index contributed by atoms with van der Waals surface area (Å²) in [7, 11) is -0.542. The number of rotatable bonds is 5. The first-order valence-electron chi connectivity index (χ1n) is 12.2. The molecule has 6 aromatic carbocycles. The topological polar surface area (TPSA) is 0 Å². The Hall–Kier alpha value is -3.73. The first kappa shape index (κ1) is 21.8. The first-order valence-corrected chi connectivity index (χ1v) is 13.7. The van der Waals surface area contributed by atoms with Gasteiger partial charge >= 0.3 is 0 Å². The van der Waals surface area contributed by atoms with Crippen molar-refractivity contribution in [3.63, 3.8) is 0 Å². The summed E-state index contributed by atoms with van der Waals surface area (Å²) in [5.74, 6) is 0. The minimum Gasteiger partial charge on any atom is -0.0622 e. The summed E-state index contributed by atoms with van der Waals surface area (Å²) in [4.78, 5) is 0. The van der Waals surface area contributed by atoms with Crippen LogP contribution in [0.25, 0.3) is 32.7 Å². The van der Waals surface area contributed by atoms with Gasteiger partial charge in [0.2, 0.25) is 0 Å². The molecule has 0 atom stereocenters. The monoisotopic (exact) mass is 466 g/mol. The highest BCUT2D eigenvalue weighted by molar-refractivity contribution is 7.72. The van der Waals surface area contributed by atoms with E-state index in [1.54, 1.807) is 0 Å². The zero-order valence-corrected chi connectivity index (χ0v) is 20.8. The molecule has 6 rings (SSSR count). The third-order valence-corrected chi connectivity index (χ3v) is 9.37. The van der Waals surface area contributed by atoms with Crippen LogP contribution in [0.15, 0.2) is 133 Å². The maximum absolute atomic E-state index is 2.38. The van der Waals surface area contributed by atoms with Crippen LogP contribution in [0.2, 0.25) is 0 Å². The van der Waals surface area contributed by atoms with Crippen LogP contribution in [-0.4, -0.2) is 0 Å². The normalized spacial score (nSPS) is 11.4. The van der Waals surface area contributed by atoms with Gasteiger partial charge in [0.15, 0.2) is 0 Å². The molecule has 168 valence electrons. The van der Waals surface area contributed by atoms with Crippen LogP contribution in [-0.2, 0) is 6.16 Å². The van der Waals surface area contributed by atoms with E-state index in [9.17, 15) is 0 Å². The Kier molecular flexibility index (Phi) is 5.91. The molecule has 0 saturated heterocycles. The molecule has 0 N–H and O–H groups in total. The van der Waals surface area contributed by atoms with Gasteiger partial charge in [-0.1, -0.05) is 133 Å². The van der Waals surface area contributed by atoms with Gasteiger partial charge in [-0.2, -0.15) is 0 Å². The molecule has 0 aliphatic carbocycles. The smallest absolute Gasteiger partial charge is 0.00138 e. The standard InChI is InChI=1S/C34H27P/c1-25-20-21-26-12-8-10-18-31(26)33(25)34-28(23-22-27-13-9-11-19-32(27)34)24-35(29-14-4-2-5-15-29)30-16-6-3-7-17-30/h2-23H,24H2,1H3. The zero-order chi connectivity index (χ0) is 23.6. The largest absolute Gasteiger partial charge is 0.0622 e. The molecule has 0 nitrogen and oxygen atoms in total. The average molecular weight is 467 g/mol. The molecule has 0 bridgehead atoms. The van der Waals surface area contributed by atoms with Crippen LogP contribution < -0.4 is 10.6 Å². The fourth-order valence-electron chi connectivity index (χ4n) is 5.17. The van der Waals surface area contributed by atoms with Crippen LogP contribution in [0.5, 0.6) is 0 Å². The van der Waals surface area contributed by atoms with Crippen LogP contribution >= 0.6 is 7.92 Å². The fourth-order valence-corrected chi connectivity index (χ4v) is 7.51. The van der Waals surface area contributed by atoms with Crippen molar-refractivity contribution < 1.29 is 0 Å². The van der Waals surface area contributed by atoms with Crippen LogP contribution in [0.4, 0.5) is 0 Å². The molecule has 0 radical (unpaired) electrons. The van der Waals surface area contributed by atoms with Gasteiger partial charge in [-0.3, -0.25) is 0 Å². The zero-order valence-electron chi connectivity index (χ0n) is 19.9. The van der Waals surface area contributed by atoms with E-state index in [2.05, 4.69) is 140 Å². The van der Waals surface area contributed by atoms with Crippen molar-refractivity contribution in [1.29, 1.82) is 0 Å². The molecule has 0 fully saturated rings. The summed E-state index contributed by atoms with van der Waals surface area (Å²) < 4.78 is 0. The Balaban J connectivity index is 1.62. The summed E-state index contributed by atoms with van der Waals surface area (Å²) in [5, 5.41) is 8.09. The van der Waals surface area contributed by atoms with Gasteiger partial charge in [-0.15, -0.1) is 0 Å². The predicted molar refractivity (Wildman–Crippen MR) is 154 cm³/mol. The molecule has 0 amide bonds. The van der Waals surface area contributed by atoms with E-state index < -0.39 is 7.92 Å². The van der Waals surface area contributed by atoms with Crippen LogP contribution in [0.1, 0.15) is 11.1 Å². The lowest BCUT2D eigenvalue weighted by Crippen LogP contribution is -2.13. The highest BCUT2D eigenvalue weighted by Crippen LogP contribution is 2.45. The number of hydrogen-bond donors (Lipinski definition) is 0. The number of aryl methyl sites for hydroxylation is 1. The Morgan fingerprint density at radius 3 is 1.54 bits per heavy atom. The molecular weight excluding hydrogens is 439 g/mol. The number of benzene rings is 6. The van der Waals surface area contributed by atoms with E-state index in [0.717, 1.165) is 6.16 Å². The van der Waals surface area contributed by atoms with Crippen molar-refractivity contribution in [2.45, 2.75) is 13.1 Å². The summed E-state index contributed by atoms with van der Waals surface area (Å²) in [6, 6.07) is 48.9. The molecule has 35 heavy (non-hydrogen) atoms. The van der Waals surface area contributed by atoms with E-state index in [-0.39, 0.29) is 0 Å². The van der Waals surface area contributed by atoms with Gasteiger partial charge < -0.3 is 0 Å². The first-order chi connectivity index (χ1) is 17.3. The average Bonchev–Trinajstić information content (AvgIpc) is 2.93. The summed E-state index contributed by atoms with van der Waals surface area (Å²) in [5.41, 5.74) is 5.50. The Labute approximate surface area is 208 Å². The van der Waals surface area contributed by atoms with Gasteiger partial charge in [0, 0.05) is 6.16 Å². The van der Waals surface area contributed by atoms with Crippen molar-refractivity contribution >= 4 is 40.1 Å². The van der Waals surface area contributed by atoms with E-state index in [1.165, 1.54) is 54.4 Å². The molecule has 0 aliphatic rings. The van der Waals surface area contributed by atoms with Gasteiger partial charge in [0.1, 0.15) is 0 Å². The highest BCUT2D eigenvalue weighted by atomic mass is 31.1. The molecule has 0 spiro atoms. The second-order valence-corrected chi connectivity index (χ2v) is 11.3. The molecule has 0 aromatic heterocycles. The van der Waals surface area contributed by atoms with Gasteiger partial charge in [0.25, 0.3) is 0 Å². The summed E-state index contributed by atoms with van der Waals surface area (Å²) in [6.45, 7) is 2.25. The lowest BCUT2D eigenvalue weighted by molar-refractivity contribution is 1.40. The molecule has 1 heteroatoms. The molecule has 0 saturated carbocycles. The van der Waals surface area contributed by atoms with E-state index >= 15 is 0 Å². The van der Waals surface area contributed by atoms with E-state index in [1.807, 2.05) is 0 Å². The lowest BCUT2D eigenvalue weighted by atomic mass is 9.88. The van der Waals surface area contributed by atoms with Crippen molar-refractivity contribution in [2.75, 3.05) is 0 Å². The van der Waals surface area contributed by atoms with Crippen molar-refractivity contribution in [3.8, 4) is 11.1 Å². The predicted octanol–water partition coefficient (Wildman–Crippen LogP) is 8.60. The second kappa shape index (κ2) is 9.49. The van der Waals surface area contributed by atoms with Gasteiger partial charge in [-0.05, 0) is 69.3 Å². The van der Waals surface area contributed by atoms with Crippen molar-refractivity contribution in [3.05, 3.63) is 145 Å². The molecule has 0 unspecified atom stereocenters. The minimum atomic E-state index is -0.542. The maximum atomic E-state index is 2.38. The number of fused-ring (bicyclic) bond motifs is 2. The Bertz CT molecular complexity index is 1580. The quantitative estimate of drug-likeness (QED) is 0.223. The van der Waals surface area contributed by atoms with Gasteiger partial charge in [0.05, 0.1) is 0 Å².